The molecule has 9 heteroatoms. The molecule has 2 aliphatic heterocycles. The van der Waals surface area contributed by atoms with Crippen LogP contribution < -0.4 is 15.0 Å². The van der Waals surface area contributed by atoms with Crippen LogP contribution in [0.5, 0.6) is 5.75 Å². The lowest BCUT2D eigenvalue weighted by atomic mass is 10.0. The first kappa shape index (κ1) is 19.3. The summed E-state index contributed by atoms with van der Waals surface area (Å²) in [6.07, 6.45) is 2.37. The van der Waals surface area contributed by atoms with Gasteiger partial charge in [0.05, 0.1) is 36.0 Å². The van der Waals surface area contributed by atoms with Gasteiger partial charge < -0.3 is 19.7 Å². The van der Waals surface area contributed by atoms with Crippen LogP contribution in [0.3, 0.4) is 0 Å². The van der Waals surface area contributed by atoms with E-state index in [1.54, 1.807) is 10.7 Å². The molecule has 0 unspecified atom stereocenters. The van der Waals surface area contributed by atoms with E-state index in [0.29, 0.717) is 44.1 Å². The lowest BCUT2D eigenvalue weighted by molar-refractivity contribution is 0.0922. The number of carbonyl (C=O) groups is 1. The number of anilines is 1. The third-order valence-corrected chi connectivity index (χ3v) is 6.47. The lowest BCUT2D eigenvalue weighted by Gasteiger charge is -2.31. The number of aryl methyl sites for hydroxylation is 1. The van der Waals surface area contributed by atoms with Crippen molar-refractivity contribution in [2.24, 2.45) is 0 Å². The van der Waals surface area contributed by atoms with Gasteiger partial charge in [0.25, 0.3) is 5.91 Å². The Morgan fingerprint density at radius 3 is 2.87 bits per heavy atom. The van der Waals surface area contributed by atoms with Gasteiger partial charge in [-0.1, -0.05) is 18.2 Å². The predicted molar refractivity (Wildman–Crippen MR) is 115 cm³/mol. The number of benzene rings is 1. The van der Waals surface area contributed by atoms with Gasteiger partial charge in [-0.2, -0.15) is 9.61 Å². The van der Waals surface area contributed by atoms with Crippen molar-refractivity contribution in [1.29, 1.82) is 0 Å². The summed E-state index contributed by atoms with van der Waals surface area (Å²) >= 11 is 3.56. The molecule has 156 valence electrons. The Balaban J connectivity index is 1.54. The molecule has 0 radical (unpaired) electrons. The molecule has 1 atom stereocenters. The minimum absolute atomic E-state index is 0.109. The van der Waals surface area contributed by atoms with E-state index in [4.69, 9.17) is 9.47 Å². The van der Waals surface area contributed by atoms with E-state index in [2.05, 4.69) is 36.2 Å². The highest BCUT2D eigenvalue weighted by atomic mass is 79.9. The number of rotatable bonds is 3. The van der Waals surface area contributed by atoms with Crippen molar-refractivity contribution in [2.75, 3.05) is 37.8 Å². The topological polar surface area (TPSA) is 81.0 Å². The van der Waals surface area contributed by atoms with Crippen molar-refractivity contribution in [3.05, 3.63) is 51.8 Å². The number of nitrogens with zero attached hydrogens (tertiary/aromatic N) is 4. The van der Waals surface area contributed by atoms with Crippen LogP contribution in [-0.2, 0) is 4.74 Å². The molecule has 2 aliphatic rings. The number of morpholine rings is 1. The SMILES string of the molecule is Cc1nn2c(N3CCOCC3)c(C(=O)N[C@H]3CCOc4ccccc43)cnc2c1Br. The summed E-state index contributed by atoms with van der Waals surface area (Å²) in [4.78, 5) is 20.1. The Labute approximate surface area is 182 Å². The number of hydrogen-bond donors (Lipinski definition) is 1. The Hall–Kier alpha value is -2.65. The number of halogens is 1. The molecular formula is C21H22BrN5O3. The smallest absolute Gasteiger partial charge is 0.257 e. The van der Waals surface area contributed by atoms with Crippen LogP contribution in [0.1, 0.15) is 34.1 Å². The first-order valence-electron chi connectivity index (χ1n) is 10.0. The molecule has 1 N–H and O–H groups in total. The second kappa shape index (κ2) is 7.88. The number of fused-ring (bicyclic) bond motifs is 2. The minimum atomic E-state index is -0.170. The Bertz CT molecular complexity index is 1110. The fraction of sp³-hybridized carbons (Fsp3) is 0.381. The fourth-order valence-electron chi connectivity index (χ4n) is 4.02. The third kappa shape index (κ3) is 3.31. The van der Waals surface area contributed by atoms with Crippen LogP contribution in [0.4, 0.5) is 5.82 Å². The van der Waals surface area contributed by atoms with Gasteiger partial charge in [0.2, 0.25) is 0 Å². The fourth-order valence-corrected chi connectivity index (χ4v) is 4.37. The van der Waals surface area contributed by atoms with Gasteiger partial charge in [0.15, 0.2) is 5.65 Å². The van der Waals surface area contributed by atoms with Gasteiger partial charge in [0, 0.05) is 31.3 Å². The zero-order chi connectivity index (χ0) is 20.7. The summed E-state index contributed by atoms with van der Waals surface area (Å²) in [5, 5.41) is 7.83. The molecule has 1 fully saturated rings. The normalized spacial score (nSPS) is 18.7. The van der Waals surface area contributed by atoms with Gasteiger partial charge >= 0.3 is 0 Å². The number of aromatic nitrogens is 3. The molecule has 2 aromatic heterocycles. The van der Waals surface area contributed by atoms with Crippen LogP contribution >= 0.6 is 15.9 Å². The van der Waals surface area contributed by atoms with E-state index >= 15 is 0 Å². The largest absolute Gasteiger partial charge is 0.493 e. The molecule has 0 bridgehead atoms. The van der Waals surface area contributed by atoms with Gasteiger partial charge in [-0.25, -0.2) is 4.98 Å². The van der Waals surface area contributed by atoms with Crippen molar-refractivity contribution in [3.8, 4) is 5.75 Å². The molecule has 30 heavy (non-hydrogen) atoms. The highest BCUT2D eigenvalue weighted by Gasteiger charge is 2.28. The number of nitrogens with one attached hydrogen (secondary N) is 1. The maximum atomic E-state index is 13.4. The Kier molecular flexibility index (Phi) is 5.08. The van der Waals surface area contributed by atoms with Crippen LogP contribution in [0.2, 0.25) is 0 Å². The van der Waals surface area contributed by atoms with E-state index < -0.39 is 0 Å². The van der Waals surface area contributed by atoms with Crippen LogP contribution in [-0.4, -0.2) is 53.4 Å². The molecule has 8 nitrogen and oxygen atoms in total. The standard InChI is InChI=1S/C21H22BrN5O3/c1-13-18(22)19-23-12-15(21(27(19)25-13)26-7-10-29-11-8-26)20(28)24-16-6-9-30-17-5-3-2-4-14(16)17/h2-5,12,16H,6-11H2,1H3,(H,24,28)/t16-/m0/s1. The van der Waals surface area contributed by atoms with E-state index in [9.17, 15) is 4.79 Å². The number of para-hydroxylation sites is 1. The van der Waals surface area contributed by atoms with Crippen molar-refractivity contribution in [2.45, 2.75) is 19.4 Å². The first-order chi connectivity index (χ1) is 14.6. The minimum Gasteiger partial charge on any atom is -0.493 e. The molecule has 3 aromatic rings. The van der Waals surface area contributed by atoms with Gasteiger partial charge in [-0.05, 0) is 28.9 Å². The molecule has 1 saturated heterocycles. The van der Waals surface area contributed by atoms with E-state index in [1.165, 1.54) is 0 Å². The molecular weight excluding hydrogens is 450 g/mol. The van der Waals surface area contributed by atoms with Crippen LogP contribution in [0.25, 0.3) is 5.65 Å². The maximum absolute atomic E-state index is 13.4. The van der Waals surface area contributed by atoms with E-state index in [-0.39, 0.29) is 11.9 Å². The summed E-state index contributed by atoms with van der Waals surface area (Å²) in [6.45, 7) is 5.09. The second-order valence-electron chi connectivity index (χ2n) is 7.43. The predicted octanol–water partition coefficient (Wildman–Crippen LogP) is 2.89. The second-order valence-corrected chi connectivity index (χ2v) is 8.22. The Morgan fingerprint density at radius 1 is 1.23 bits per heavy atom. The highest BCUT2D eigenvalue weighted by Crippen LogP contribution is 2.33. The van der Waals surface area contributed by atoms with E-state index in [1.807, 2.05) is 31.2 Å². The molecule has 5 rings (SSSR count). The summed E-state index contributed by atoms with van der Waals surface area (Å²) in [6, 6.07) is 7.72. The number of ether oxygens (including phenoxy) is 2. The van der Waals surface area contributed by atoms with Gasteiger partial charge in [-0.3, -0.25) is 4.79 Å². The summed E-state index contributed by atoms with van der Waals surface area (Å²) < 4.78 is 13.8. The molecule has 1 amide bonds. The maximum Gasteiger partial charge on any atom is 0.257 e. The highest BCUT2D eigenvalue weighted by molar-refractivity contribution is 9.10. The molecule has 0 spiro atoms. The first-order valence-corrected chi connectivity index (χ1v) is 10.8. The zero-order valence-electron chi connectivity index (χ0n) is 16.6. The average Bonchev–Trinajstić information content (AvgIpc) is 3.07. The third-order valence-electron chi connectivity index (χ3n) is 5.54. The van der Waals surface area contributed by atoms with Gasteiger partial charge in [-0.15, -0.1) is 0 Å². The zero-order valence-corrected chi connectivity index (χ0v) is 18.2. The van der Waals surface area contributed by atoms with E-state index in [0.717, 1.165) is 33.7 Å². The van der Waals surface area contributed by atoms with Crippen molar-refractivity contribution >= 4 is 33.3 Å². The summed E-state index contributed by atoms with van der Waals surface area (Å²) in [5.41, 5.74) is 3.02. The van der Waals surface area contributed by atoms with Crippen molar-refractivity contribution in [1.82, 2.24) is 19.9 Å². The Morgan fingerprint density at radius 2 is 2.03 bits per heavy atom. The monoisotopic (exact) mass is 471 g/mol. The van der Waals surface area contributed by atoms with Crippen LogP contribution in [0, 0.1) is 6.92 Å². The number of amides is 1. The van der Waals surface area contributed by atoms with Crippen LogP contribution in [0.15, 0.2) is 34.9 Å². The molecule has 4 heterocycles. The van der Waals surface area contributed by atoms with Gasteiger partial charge in [0.1, 0.15) is 17.1 Å². The average molecular weight is 472 g/mol. The number of carbonyl (C=O) groups excluding carboxylic acids is 1. The summed E-state index contributed by atoms with van der Waals surface area (Å²) in [7, 11) is 0. The number of hydrogen-bond acceptors (Lipinski definition) is 6. The van der Waals surface area contributed by atoms with Crippen molar-refractivity contribution in [3.63, 3.8) is 0 Å². The summed E-state index contributed by atoms with van der Waals surface area (Å²) in [5.74, 6) is 1.40. The quantitative estimate of drug-likeness (QED) is 0.632. The lowest BCUT2D eigenvalue weighted by Crippen LogP contribution is -2.40. The molecule has 1 aromatic carbocycles. The molecule has 0 aliphatic carbocycles. The molecule has 0 saturated carbocycles. The van der Waals surface area contributed by atoms with Crippen molar-refractivity contribution < 1.29 is 14.3 Å².